The van der Waals surface area contributed by atoms with E-state index in [2.05, 4.69) is 98.4 Å². The lowest BCUT2D eigenvalue weighted by atomic mass is 9.88. The normalized spacial score (nSPS) is 12.6. The standard InChI is InChI=1S/C41H26BN9/c1-3-15-27(16-4-1)37-45-38(28-17-5-2-6-18-28)47-39(46-37)48-40-43-31-21-9-13-25-35(31)50(40)42(51-36-26-14-10-22-32(36)44-41(48)51)49-33-23-11-7-19-29(33)30-20-8-12-24-34(30)49/h1-26H. The molecule has 0 aliphatic carbocycles. The van der Waals surface area contributed by atoms with Crippen molar-refractivity contribution < 1.29 is 0 Å². The monoisotopic (exact) mass is 655 g/mol. The van der Waals surface area contributed by atoms with E-state index in [4.69, 9.17) is 24.9 Å². The molecule has 0 amide bonds. The second kappa shape index (κ2) is 10.7. The molecule has 0 unspecified atom stereocenters. The number of benzene rings is 6. The van der Waals surface area contributed by atoms with Crippen LogP contribution < -0.4 is 4.90 Å². The molecule has 4 aromatic heterocycles. The van der Waals surface area contributed by atoms with E-state index in [9.17, 15) is 0 Å². The Hall–Kier alpha value is -7.07. The highest BCUT2D eigenvalue weighted by atomic mass is 15.5. The largest absolute Gasteiger partial charge is 0.523 e. The summed E-state index contributed by atoms with van der Waals surface area (Å²) in [5, 5.41) is 2.37. The first-order valence-corrected chi connectivity index (χ1v) is 16.9. The maximum Gasteiger partial charge on any atom is 0.523 e. The highest BCUT2D eigenvalue weighted by Gasteiger charge is 2.44. The van der Waals surface area contributed by atoms with Crippen LogP contribution in [0.5, 0.6) is 0 Å². The first-order valence-electron chi connectivity index (χ1n) is 16.9. The average molecular weight is 656 g/mol. The summed E-state index contributed by atoms with van der Waals surface area (Å²) in [7, 11) is -0.403. The summed E-state index contributed by atoms with van der Waals surface area (Å²) in [6.45, 7) is 0. The zero-order valence-corrected chi connectivity index (χ0v) is 27.1. The smallest absolute Gasteiger partial charge is 0.344 e. The van der Waals surface area contributed by atoms with Crippen molar-refractivity contribution >= 4 is 68.8 Å². The molecule has 51 heavy (non-hydrogen) atoms. The van der Waals surface area contributed by atoms with Gasteiger partial charge < -0.3 is 13.4 Å². The summed E-state index contributed by atoms with van der Waals surface area (Å²) in [5.41, 5.74) is 7.69. The van der Waals surface area contributed by atoms with E-state index in [1.54, 1.807) is 0 Å². The Bertz CT molecular complexity index is 2760. The molecule has 1 aliphatic heterocycles. The number of hydrogen-bond acceptors (Lipinski definition) is 6. The molecule has 10 aromatic rings. The van der Waals surface area contributed by atoms with Gasteiger partial charge in [0.05, 0.1) is 22.1 Å². The van der Waals surface area contributed by atoms with Crippen LogP contribution in [0.2, 0.25) is 0 Å². The third kappa shape index (κ3) is 4.07. The Kier molecular flexibility index (Phi) is 5.85. The molecule has 238 valence electrons. The summed E-state index contributed by atoms with van der Waals surface area (Å²) in [6.07, 6.45) is 0. The van der Waals surface area contributed by atoms with Crippen LogP contribution in [0.4, 0.5) is 17.8 Å². The van der Waals surface area contributed by atoms with Crippen LogP contribution in [-0.2, 0) is 0 Å². The van der Waals surface area contributed by atoms with E-state index >= 15 is 0 Å². The number of imidazole rings is 2. The van der Waals surface area contributed by atoms with Crippen LogP contribution >= 0.6 is 0 Å². The van der Waals surface area contributed by atoms with E-state index < -0.39 is 7.12 Å². The van der Waals surface area contributed by atoms with E-state index in [-0.39, 0.29) is 0 Å². The number of para-hydroxylation sites is 6. The van der Waals surface area contributed by atoms with E-state index in [1.807, 2.05) is 77.7 Å². The second-order valence-electron chi connectivity index (χ2n) is 12.6. The van der Waals surface area contributed by atoms with Crippen molar-refractivity contribution in [2.75, 3.05) is 4.90 Å². The molecule has 10 heteroatoms. The number of hydrogen-bond donors (Lipinski definition) is 0. The van der Waals surface area contributed by atoms with Crippen LogP contribution in [0.25, 0.3) is 66.6 Å². The summed E-state index contributed by atoms with van der Waals surface area (Å²) >= 11 is 0. The van der Waals surface area contributed by atoms with Gasteiger partial charge in [0.15, 0.2) is 11.6 Å². The van der Waals surface area contributed by atoms with Gasteiger partial charge in [0.1, 0.15) is 0 Å². The maximum absolute atomic E-state index is 5.33. The van der Waals surface area contributed by atoms with Crippen molar-refractivity contribution in [1.82, 2.24) is 38.4 Å². The quantitative estimate of drug-likeness (QED) is 0.177. The Morgan fingerprint density at radius 1 is 0.353 bits per heavy atom. The Balaban J connectivity index is 1.27. The minimum atomic E-state index is -0.403. The van der Waals surface area contributed by atoms with Gasteiger partial charge in [-0.2, -0.15) is 9.97 Å². The third-order valence-corrected chi connectivity index (χ3v) is 9.75. The molecule has 0 spiro atoms. The van der Waals surface area contributed by atoms with Crippen molar-refractivity contribution in [2.24, 2.45) is 0 Å². The van der Waals surface area contributed by atoms with E-state index in [0.717, 1.165) is 44.2 Å². The molecule has 0 saturated heterocycles. The first kappa shape index (κ1) is 27.8. The van der Waals surface area contributed by atoms with Crippen LogP contribution in [0.15, 0.2) is 158 Å². The highest BCUT2D eigenvalue weighted by Crippen LogP contribution is 2.43. The Morgan fingerprint density at radius 3 is 1.25 bits per heavy atom. The van der Waals surface area contributed by atoms with Crippen molar-refractivity contribution in [3.63, 3.8) is 0 Å². The zero-order valence-electron chi connectivity index (χ0n) is 27.1. The second-order valence-corrected chi connectivity index (χ2v) is 12.6. The molecule has 0 saturated carbocycles. The minimum Gasteiger partial charge on any atom is -0.344 e. The molecule has 1 aliphatic rings. The van der Waals surface area contributed by atoms with Gasteiger partial charge in [-0.25, -0.2) is 19.9 Å². The van der Waals surface area contributed by atoms with Gasteiger partial charge in [-0.3, -0.25) is 0 Å². The van der Waals surface area contributed by atoms with Crippen molar-refractivity contribution in [2.45, 2.75) is 0 Å². The zero-order chi connectivity index (χ0) is 33.5. The molecular weight excluding hydrogens is 629 g/mol. The number of nitrogens with zero attached hydrogens (tertiary/aromatic N) is 9. The highest BCUT2D eigenvalue weighted by molar-refractivity contribution is 6.60. The maximum atomic E-state index is 5.33. The summed E-state index contributed by atoms with van der Waals surface area (Å²) in [6, 6.07) is 53.8. The average Bonchev–Trinajstić information content (AvgIpc) is 3.88. The van der Waals surface area contributed by atoms with Gasteiger partial charge in [-0.15, -0.1) is 0 Å². The molecule has 9 nitrogen and oxygen atoms in total. The molecule has 5 heterocycles. The predicted molar refractivity (Wildman–Crippen MR) is 203 cm³/mol. The Morgan fingerprint density at radius 2 is 0.765 bits per heavy atom. The topological polar surface area (TPSA) is 82.5 Å². The molecule has 11 rings (SSSR count). The van der Waals surface area contributed by atoms with Gasteiger partial charge in [0.25, 0.3) is 0 Å². The molecule has 0 bridgehead atoms. The summed E-state index contributed by atoms with van der Waals surface area (Å²) in [5.74, 6) is 2.88. The molecule has 0 atom stereocenters. The Labute approximate surface area is 291 Å². The lowest BCUT2D eigenvalue weighted by Gasteiger charge is -2.33. The fraction of sp³-hybridized carbons (Fsp3) is 0. The molecule has 6 aromatic carbocycles. The number of rotatable bonds is 4. The number of anilines is 3. The van der Waals surface area contributed by atoms with Gasteiger partial charge >= 0.3 is 7.12 Å². The summed E-state index contributed by atoms with van der Waals surface area (Å²) < 4.78 is 7.00. The SMILES string of the molecule is c1ccc(-c2nc(-c3ccccc3)nc(N3c4nc5ccccc5n4B(n4c5ccccc5c5ccccc54)n4c3nc3ccccc34)n2)cc1. The van der Waals surface area contributed by atoms with E-state index in [0.29, 0.717) is 29.5 Å². The molecule has 0 N–H and O–H groups in total. The van der Waals surface area contributed by atoms with Crippen molar-refractivity contribution in [3.05, 3.63) is 158 Å². The fourth-order valence-electron chi connectivity index (χ4n) is 7.55. The molecular formula is C41H26BN9. The number of aromatic nitrogens is 8. The van der Waals surface area contributed by atoms with Crippen LogP contribution in [-0.4, -0.2) is 45.5 Å². The predicted octanol–water partition coefficient (Wildman–Crippen LogP) is 8.73. The van der Waals surface area contributed by atoms with Gasteiger partial charge in [0.2, 0.25) is 17.8 Å². The van der Waals surface area contributed by atoms with Gasteiger partial charge in [0, 0.05) is 32.9 Å². The van der Waals surface area contributed by atoms with E-state index in [1.165, 1.54) is 10.8 Å². The van der Waals surface area contributed by atoms with Crippen LogP contribution in [0, 0.1) is 0 Å². The number of fused-ring (bicyclic) bond motifs is 9. The lowest BCUT2D eigenvalue weighted by Crippen LogP contribution is -2.47. The minimum absolute atomic E-state index is 0.403. The van der Waals surface area contributed by atoms with Crippen LogP contribution in [0.1, 0.15) is 0 Å². The van der Waals surface area contributed by atoms with Gasteiger partial charge in [-0.1, -0.05) is 121 Å². The van der Waals surface area contributed by atoms with Crippen LogP contribution in [0.3, 0.4) is 0 Å². The van der Waals surface area contributed by atoms with Crippen molar-refractivity contribution in [1.29, 1.82) is 0 Å². The lowest BCUT2D eigenvalue weighted by molar-refractivity contribution is 0.887. The third-order valence-electron chi connectivity index (χ3n) is 9.75. The van der Waals surface area contributed by atoms with Crippen molar-refractivity contribution in [3.8, 4) is 22.8 Å². The fourth-order valence-corrected chi connectivity index (χ4v) is 7.55. The molecule has 0 fully saturated rings. The molecule has 0 radical (unpaired) electrons. The summed E-state index contributed by atoms with van der Waals surface area (Å²) in [4.78, 5) is 28.0. The van der Waals surface area contributed by atoms with Gasteiger partial charge in [-0.05, 0) is 36.4 Å². The first-order chi connectivity index (χ1) is 25.3.